The number of rotatable bonds is 8. The molecule has 0 amide bonds. The second-order valence-corrected chi connectivity index (χ2v) is 6.86. The minimum Gasteiger partial charge on any atom is -0.495 e. The van der Waals surface area contributed by atoms with E-state index in [-0.39, 0.29) is 18.4 Å². The van der Waals surface area contributed by atoms with Crippen molar-refractivity contribution in [1.29, 1.82) is 10.5 Å². The highest BCUT2D eigenvalue weighted by Gasteiger charge is 2.15. The van der Waals surface area contributed by atoms with E-state index in [1.165, 1.54) is 0 Å². The Morgan fingerprint density at radius 3 is 2.56 bits per heavy atom. The largest absolute Gasteiger partial charge is 0.495 e. The molecule has 0 fully saturated rings. The Morgan fingerprint density at radius 2 is 1.94 bits per heavy atom. The van der Waals surface area contributed by atoms with Crippen LogP contribution in [0.2, 0.25) is 0 Å². The molecule has 0 atom stereocenters. The van der Waals surface area contributed by atoms with E-state index >= 15 is 0 Å². The molecular formula is C22H22N8O2. The zero-order valence-corrected chi connectivity index (χ0v) is 17.7. The van der Waals surface area contributed by atoms with Crippen LogP contribution >= 0.6 is 0 Å². The van der Waals surface area contributed by atoms with Gasteiger partial charge in [0.25, 0.3) is 0 Å². The van der Waals surface area contributed by atoms with Gasteiger partial charge in [-0.25, -0.2) is 4.68 Å². The second-order valence-electron chi connectivity index (χ2n) is 6.86. The molecule has 4 N–H and O–H groups in total. The van der Waals surface area contributed by atoms with E-state index in [1.54, 1.807) is 31.4 Å². The van der Waals surface area contributed by atoms with Crippen molar-refractivity contribution in [2.45, 2.75) is 26.4 Å². The number of benzene rings is 2. The zero-order valence-electron chi connectivity index (χ0n) is 17.7. The van der Waals surface area contributed by atoms with Crippen LogP contribution in [0.3, 0.4) is 0 Å². The van der Waals surface area contributed by atoms with E-state index in [0.29, 0.717) is 35.5 Å². The Kier molecular flexibility index (Phi) is 7.01. The number of nitrogens with zero attached hydrogens (tertiary/aromatic N) is 5. The number of nitrogens with two attached hydrogens (primary N) is 1. The lowest BCUT2D eigenvalue weighted by Gasteiger charge is -2.16. The van der Waals surface area contributed by atoms with Gasteiger partial charge in [-0.1, -0.05) is 6.07 Å². The van der Waals surface area contributed by atoms with Crippen molar-refractivity contribution in [3.63, 3.8) is 0 Å². The molecule has 0 spiro atoms. The summed E-state index contributed by atoms with van der Waals surface area (Å²) in [7, 11) is 1.55. The topological polar surface area (TPSA) is 155 Å². The third-order valence-electron chi connectivity index (χ3n) is 4.66. The molecule has 0 aliphatic carbocycles. The summed E-state index contributed by atoms with van der Waals surface area (Å²) in [6.45, 7) is 1.76. The van der Waals surface area contributed by atoms with Gasteiger partial charge in [-0.2, -0.15) is 15.5 Å². The summed E-state index contributed by atoms with van der Waals surface area (Å²) in [6, 6.07) is 14.6. The molecule has 0 radical (unpaired) electrons. The molecule has 1 heterocycles. The Labute approximate surface area is 184 Å². The van der Waals surface area contributed by atoms with Crippen LogP contribution in [-0.2, 0) is 13.1 Å². The van der Waals surface area contributed by atoms with Crippen LogP contribution in [0.4, 0.5) is 23.1 Å². The summed E-state index contributed by atoms with van der Waals surface area (Å²) in [5, 5.41) is 28.0. The molecule has 3 rings (SSSR count). The summed E-state index contributed by atoms with van der Waals surface area (Å²) >= 11 is 0. The average Bonchev–Trinajstić information content (AvgIpc) is 2.81. The predicted molar refractivity (Wildman–Crippen MR) is 120 cm³/mol. The van der Waals surface area contributed by atoms with Crippen molar-refractivity contribution in [1.82, 2.24) is 14.8 Å². The molecule has 3 aromatic rings. The van der Waals surface area contributed by atoms with Crippen LogP contribution in [0.1, 0.15) is 23.1 Å². The number of anilines is 4. The molecule has 0 aliphatic heterocycles. The van der Waals surface area contributed by atoms with Crippen molar-refractivity contribution in [2.75, 3.05) is 17.7 Å². The molecule has 10 heteroatoms. The number of methoxy groups -OCH3 is 1. The van der Waals surface area contributed by atoms with Crippen molar-refractivity contribution in [3.05, 3.63) is 63.4 Å². The van der Waals surface area contributed by atoms with Crippen LogP contribution in [0.25, 0.3) is 0 Å². The highest BCUT2D eigenvalue weighted by Crippen LogP contribution is 2.32. The smallest absolute Gasteiger partial charge is 0.311 e. The molecule has 1 aromatic heterocycles. The molecule has 162 valence electrons. The maximum absolute atomic E-state index is 12.6. The first-order valence-corrected chi connectivity index (χ1v) is 9.77. The SMILES string of the molecule is COc1cc(CCC#N)cc(C)c1Nc1nc(Nc2ccc(C#N)cc2)c(=O)n(CN)n1. The number of nitrogens with one attached hydrogen (secondary N) is 2. The summed E-state index contributed by atoms with van der Waals surface area (Å²) in [5.74, 6) is 0.742. The lowest BCUT2D eigenvalue weighted by atomic mass is 10.0. The van der Waals surface area contributed by atoms with Gasteiger partial charge in [0.2, 0.25) is 11.8 Å². The van der Waals surface area contributed by atoms with Gasteiger partial charge >= 0.3 is 5.56 Å². The lowest BCUT2D eigenvalue weighted by Crippen LogP contribution is -2.30. The van der Waals surface area contributed by atoms with Crippen molar-refractivity contribution >= 4 is 23.1 Å². The van der Waals surface area contributed by atoms with E-state index in [9.17, 15) is 4.79 Å². The van der Waals surface area contributed by atoms with Gasteiger partial charge in [0, 0.05) is 12.1 Å². The highest BCUT2D eigenvalue weighted by molar-refractivity contribution is 5.68. The summed E-state index contributed by atoms with van der Waals surface area (Å²) in [4.78, 5) is 16.9. The molecule has 0 saturated heterocycles. The zero-order chi connectivity index (χ0) is 23.1. The van der Waals surface area contributed by atoms with Crippen LogP contribution in [-0.4, -0.2) is 21.9 Å². The Morgan fingerprint density at radius 1 is 1.19 bits per heavy atom. The third kappa shape index (κ3) is 5.01. The minimum absolute atomic E-state index is 0.0277. The van der Waals surface area contributed by atoms with Crippen LogP contribution in [0.15, 0.2) is 41.2 Å². The molecule has 10 nitrogen and oxygen atoms in total. The van der Waals surface area contributed by atoms with Gasteiger partial charge in [0.05, 0.1) is 37.2 Å². The fourth-order valence-electron chi connectivity index (χ4n) is 3.09. The first kappa shape index (κ1) is 22.3. The van der Waals surface area contributed by atoms with Crippen LogP contribution in [0.5, 0.6) is 5.75 Å². The first-order chi connectivity index (χ1) is 15.5. The second kappa shape index (κ2) is 10.1. The molecule has 0 aliphatic rings. The average molecular weight is 430 g/mol. The van der Waals surface area contributed by atoms with E-state index in [4.69, 9.17) is 21.0 Å². The number of nitriles is 2. The number of ether oxygens (including phenoxy) is 1. The number of hydrogen-bond donors (Lipinski definition) is 3. The van der Waals surface area contributed by atoms with Gasteiger partial charge < -0.3 is 21.1 Å². The quantitative estimate of drug-likeness (QED) is 0.489. The van der Waals surface area contributed by atoms with Crippen molar-refractivity contribution < 1.29 is 4.74 Å². The van der Waals surface area contributed by atoms with Gasteiger partial charge in [0.15, 0.2) is 0 Å². The fraction of sp³-hybridized carbons (Fsp3) is 0.227. The monoisotopic (exact) mass is 430 g/mol. The van der Waals surface area contributed by atoms with Crippen molar-refractivity contribution in [2.24, 2.45) is 5.73 Å². The van der Waals surface area contributed by atoms with Gasteiger partial charge in [0.1, 0.15) is 5.75 Å². The Hall–Kier alpha value is -4.41. The van der Waals surface area contributed by atoms with Gasteiger partial charge in [-0.05, 0) is 54.8 Å². The van der Waals surface area contributed by atoms with Crippen LogP contribution < -0.4 is 26.7 Å². The summed E-state index contributed by atoms with van der Waals surface area (Å²) in [5.41, 5.74) is 8.78. The number of hydrogen-bond acceptors (Lipinski definition) is 9. The fourth-order valence-corrected chi connectivity index (χ4v) is 3.09. The number of aryl methyl sites for hydroxylation is 2. The maximum Gasteiger partial charge on any atom is 0.311 e. The summed E-state index contributed by atoms with van der Waals surface area (Å²) in [6.07, 6.45) is 1.02. The van der Waals surface area contributed by atoms with E-state index < -0.39 is 5.56 Å². The van der Waals surface area contributed by atoms with E-state index in [2.05, 4.69) is 26.8 Å². The molecule has 0 bridgehead atoms. The normalized spacial score (nSPS) is 10.2. The molecule has 0 saturated carbocycles. The maximum atomic E-state index is 12.6. The van der Waals surface area contributed by atoms with Gasteiger partial charge in [-0.3, -0.25) is 4.79 Å². The third-order valence-corrected chi connectivity index (χ3v) is 4.66. The van der Waals surface area contributed by atoms with Crippen LogP contribution in [0, 0.1) is 29.6 Å². The van der Waals surface area contributed by atoms with E-state index in [0.717, 1.165) is 15.8 Å². The molecular weight excluding hydrogens is 408 g/mol. The Balaban J connectivity index is 1.96. The molecule has 0 unspecified atom stereocenters. The summed E-state index contributed by atoms with van der Waals surface area (Å²) < 4.78 is 6.60. The van der Waals surface area contributed by atoms with E-state index in [1.807, 2.05) is 25.1 Å². The standard InChI is InChI=1S/C22H22N8O2/c1-14-10-16(4-3-9-23)11-18(32-2)19(14)27-22-28-20(21(31)30(13-25)29-22)26-17-7-5-15(12-24)6-8-17/h5-8,10-11H,3-4,13,25H2,1-2H3,(H2,26,27,28,29). The minimum atomic E-state index is -0.488. The number of aromatic nitrogens is 3. The highest BCUT2D eigenvalue weighted by atomic mass is 16.5. The Bertz CT molecular complexity index is 1250. The molecule has 2 aromatic carbocycles. The first-order valence-electron chi connectivity index (χ1n) is 9.77. The lowest BCUT2D eigenvalue weighted by molar-refractivity contribution is 0.416. The predicted octanol–water partition coefficient (Wildman–Crippen LogP) is 2.69. The van der Waals surface area contributed by atoms with Gasteiger partial charge in [-0.15, -0.1) is 5.10 Å². The van der Waals surface area contributed by atoms with Crippen molar-refractivity contribution in [3.8, 4) is 17.9 Å². The molecule has 32 heavy (non-hydrogen) atoms.